The third kappa shape index (κ3) is 5.16. The number of carbonyl (C=O) groups excluding carboxylic acids is 1. The van der Waals surface area contributed by atoms with Crippen LogP contribution in [0.25, 0.3) is 0 Å². The number of nitrogens with one attached hydrogen (secondary N) is 1. The van der Waals surface area contributed by atoms with Gasteiger partial charge in [0.15, 0.2) is 5.75 Å². The molecule has 0 saturated carbocycles. The highest BCUT2D eigenvalue weighted by molar-refractivity contribution is 7.89. The SMILES string of the molecule is Cc1cccc(Oc2ccc(S(=O)(=O)N3CCCCC3)cc2NC(=O)C(C)C)c1. The summed E-state index contributed by atoms with van der Waals surface area (Å²) in [5.74, 6) is 0.578. The van der Waals surface area contributed by atoms with E-state index >= 15 is 0 Å². The molecule has 1 N–H and O–H groups in total. The molecule has 0 spiro atoms. The second kappa shape index (κ2) is 8.97. The van der Waals surface area contributed by atoms with Gasteiger partial charge in [-0.2, -0.15) is 4.31 Å². The lowest BCUT2D eigenvalue weighted by Crippen LogP contribution is -2.35. The summed E-state index contributed by atoms with van der Waals surface area (Å²) < 4.78 is 33.6. The van der Waals surface area contributed by atoms with Crippen LogP contribution in [0.1, 0.15) is 38.7 Å². The Morgan fingerprint density at radius 1 is 1.07 bits per heavy atom. The van der Waals surface area contributed by atoms with E-state index in [4.69, 9.17) is 4.74 Å². The zero-order valence-electron chi connectivity index (χ0n) is 17.1. The van der Waals surface area contributed by atoms with E-state index in [0.717, 1.165) is 24.8 Å². The topological polar surface area (TPSA) is 75.7 Å². The number of anilines is 1. The van der Waals surface area contributed by atoms with Gasteiger partial charge in [-0.05, 0) is 55.7 Å². The Kier molecular flexibility index (Phi) is 6.59. The molecule has 7 heteroatoms. The molecule has 0 bridgehead atoms. The van der Waals surface area contributed by atoms with E-state index in [1.807, 2.05) is 31.2 Å². The van der Waals surface area contributed by atoms with Crippen molar-refractivity contribution in [3.05, 3.63) is 48.0 Å². The first-order chi connectivity index (χ1) is 13.8. The van der Waals surface area contributed by atoms with Crippen LogP contribution in [-0.4, -0.2) is 31.7 Å². The van der Waals surface area contributed by atoms with Gasteiger partial charge in [-0.15, -0.1) is 0 Å². The lowest BCUT2D eigenvalue weighted by atomic mass is 10.2. The Hall–Kier alpha value is -2.38. The van der Waals surface area contributed by atoms with E-state index in [-0.39, 0.29) is 16.7 Å². The van der Waals surface area contributed by atoms with E-state index in [0.29, 0.717) is 30.3 Å². The number of hydrogen-bond acceptors (Lipinski definition) is 4. The minimum Gasteiger partial charge on any atom is -0.455 e. The average molecular weight is 417 g/mol. The molecule has 0 aliphatic carbocycles. The first kappa shape index (κ1) is 21.3. The van der Waals surface area contributed by atoms with Crippen LogP contribution in [0, 0.1) is 12.8 Å². The number of hydrogen-bond donors (Lipinski definition) is 1. The average Bonchev–Trinajstić information content (AvgIpc) is 2.69. The van der Waals surface area contributed by atoms with Gasteiger partial charge in [-0.3, -0.25) is 4.79 Å². The number of piperidine rings is 1. The van der Waals surface area contributed by atoms with Gasteiger partial charge < -0.3 is 10.1 Å². The summed E-state index contributed by atoms with van der Waals surface area (Å²) in [7, 11) is -3.61. The zero-order valence-corrected chi connectivity index (χ0v) is 18.0. The van der Waals surface area contributed by atoms with Crippen LogP contribution in [0.4, 0.5) is 5.69 Å². The highest BCUT2D eigenvalue weighted by Crippen LogP contribution is 2.34. The number of sulfonamides is 1. The van der Waals surface area contributed by atoms with E-state index in [9.17, 15) is 13.2 Å². The Morgan fingerprint density at radius 2 is 1.79 bits per heavy atom. The molecular formula is C22H28N2O4S. The van der Waals surface area contributed by atoms with Crippen molar-refractivity contribution in [2.45, 2.75) is 44.9 Å². The van der Waals surface area contributed by atoms with Crippen LogP contribution in [-0.2, 0) is 14.8 Å². The largest absolute Gasteiger partial charge is 0.455 e. The Balaban J connectivity index is 1.97. The zero-order chi connectivity index (χ0) is 21.0. The van der Waals surface area contributed by atoms with Crippen molar-refractivity contribution >= 4 is 21.6 Å². The Bertz CT molecular complexity index is 980. The molecule has 6 nitrogen and oxygen atoms in total. The second-order valence-corrected chi connectivity index (χ2v) is 9.62. The standard InChI is InChI=1S/C22H28N2O4S/c1-16(2)22(25)23-20-15-19(29(26,27)24-12-5-4-6-13-24)10-11-21(20)28-18-9-7-8-17(3)14-18/h7-11,14-16H,4-6,12-13H2,1-3H3,(H,23,25). The summed E-state index contributed by atoms with van der Waals surface area (Å²) in [6, 6.07) is 12.2. The highest BCUT2D eigenvalue weighted by Gasteiger charge is 2.27. The quantitative estimate of drug-likeness (QED) is 0.749. The fourth-order valence-electron chi connectivity index (χ4n) is 3.19. The van der Waals surface area contributed by atoms with Crippen LogP contribution in [0.2, 0.25) is 0 Å². The Morgan fingerprint density at radius 3 is 2.45 bits per heavy atom. The molecule has 156 valence electrons. The van der Waals surface area contributed by atoms with Crippen LogP contribution < -0.4 is 10.1 Å². The Labute approximate surface area is 172 Å². The van der Waals surface area contributed by atoms with Crippen molar-refractivity contribution in [1.82, 2.24) is 4.31 Å². The van der Waals surface area contributed by atoms with Crippen molar-refractivity contribution in [3.8, 4) is 11.5 Å². The maximum atomic E-state index is 13.0. The summed E-state index contributed by atoms with van der Waals surface area (Å²) >= 11 is 0. The van der Waals surface area contributed by atoms with Gasteiger partial charge in [0.05, 0.1) is 10.6 Å². The van der Waals surface area contributed by atoms with Gasteiger partial charge in [0, 0.05) is 19.0 Å². The predicted octanol–water partition coefficient (Wildman–Crippen LogP) is 4.56. The van der Waals surface area contributed by atoms with Gasteiger partial charge in [0.2, 0.25) is 15.9 Å². The molecule has 2 aromatic carbocycles. The van der Waals surface area contributed by atoms with E-state index < -0.39 is 10.0 Å². The molecule has 0 unspecified atom stereocenters. The van der Waals surface area contributed by atoms with Gasteiger partial charge in [0.1, 0.15) is 5.75 Å². The number of aryl methyl sites for hydroxylation is 1. The smallest absolute Gasteiger partial charge is 0.243 e. The molecule has 0 radical (unpaired) electrons. The number of carbonyl (C=O) groups is 1. The van der Waals surface area contributed by atoms with Crippen molar-refractivity contribution in [3.63, 3.8) is 0 Å². The van der Waals surface area contributed by atoms with Crippen LogP contribution in [0.5, 0.6) is 11.5 Å². The first-order valence-electron chi connectivity index (χ1n) is 9.97. The van der Waals surface area contributed by atoms with Crippen molar-refractivity contribution < 1.29 is 17.9 Å². The molecule has 1 aliphatic heterocycles. The molecule has 2 aromatic rings. The maximum Gasteiger partial charge on any atom is 0.243 e. The third-order valence-electron chi connectivity index (χ3n) is 4.90. The lowest BCUT2D eigenvalue weighted by molar-refractivity contribution is -0.118. The molecule has 0 atom stereocenters. The van der Waals surface area contributed by atoms with Crippen molar-refractivity contribution in [1.29, 1.82) is 0 Å². The minimum absolute atomic E-state index is 0.162. The van der Waals surface area contributed by atoms with Gasteiger partial charge >= 0.3 is 0 Å². The summed E-state index contributed by atoms with van der Waals surface area (Å²) in [4.78, 5) is 12.5. The predicted molar refractivity (Wildman–Crippen MR) is 114 cm³/mol. The van der Waals surface area contributed by atoms with Crippen LogP contribution in [0.15, 0.2) is 47.4 Å². The molecule has 1 saturated heterocycles. The summed E-state index contributed by atoms with van der Waals surface area (Å²) in [5, 5.41) is 2.81. The molecule has 1 amide bonds. The highest BCUT2D eigenvalue weighted by atomic mass is 32.2. The molecule has 3 rings (SSSR count). The minimum atomic E-state index is -3.61. The molecule has 29 heavy (non-hydrogen) atoms. The van der Waals surface area contributed by atoms with Crippen LogP contribution in [0.3, 0.4) is 0 Å². The van der Waals surface area contributed by atoms with Gasteiger partial charge in [-0.1, -0.05) is 32.4 Å². The molecule has 0 aromatic heterocycles. The lowest BCUT2D eigenvalue weighted by Gasteiger charge is -2.26. The molecule has 1 fully saturated rings. The number of ether oxygens (including phenoxy) is 1. The van der Waals surface area contributed by atoms with Crippen molar-refractivity contribution in [2.75, 3.05) is 18.4 Å². The summed E-state index contributed by atoms with van der Waals surface area (Å²) in [5.41, 5.74) is 1.39. The molecule has 1 aliphatic rings. The second-order valence-electron chi connectivity index (χ2n) is 7.69. The number of nitrogens with zero attached hydrogens (tertiary/aromatic N) is 1. The first-order valence-corrected chi connectivity index (χ1v) is 11.4. The monoisotopic (exact) mass is 416 g/mol. The third-order valence-corrected chi connectivity index (χ3v) is 6.80. The number of amides is 1. The van der Waals surface area contributed by atoms with Gasteiger partial charge in [0.25, 0.3) is 0 Å². The summed E-state index contributed by atoms with van der Waals surface area (Å²) in [6.45, 7) is 6.58. The van der Waals surface area contributed by atoms with E-state index in [2.05, 4.69) is 5.32 Å². The summed E-state index contributed by atoms with van der Waals surface area (Å²) in [6.07, 6.45) is 2.78. The van der Waals surface area contributed by atoms with E-state index in [1.54, 1.807) is 26.0 Å². The molecule has 1 heterocycles. The maximum absolute atomic E-state index is 13.0. The molecular weight excluding hydrogens is 388 g/mol. The van der Waals surface area contributed by atoms with Gasteiger partial charge in [-0.25, -0.2) is 8.42 Å². The van der Waals surface area contributed by atoms with E-state index in [1.165, 1.54) is 10.4 Å². The fourth-order valence-corrected chi connectivity index (χ4v) is 4.74. The fraction of sp³-hybridized carbons (Fsp3) is 0.409. The van der Waals surface area contributed by atoms with Crippen LogP contribution >= 0.6 is 0 Å². The normalized spacial score (nSPS) is 15.3. The van der Waals surface area contributed by atoms with Crippen molar-refractivity contribution in [2.24, 2.45) is 5.92 Å². The number of rotatable bonds is 6. The number of benzene rings is 2.